The Labute approximate surface area is 125 Å². The molecule has 5 nitrogen and oxygen atoms in total. The third kappa shape index (κ3) is 3.64. The Kier molecular flexibility index (Phi) is 4.85. The van der Waals surface area contributed by atoms with Crippen LogP contribution in [0, 0.1) is 17.2 Å². The number of carbonyl (C=O) groups is 1. The molecule has 1 aromatic rings. The maximum Gasteiger partial charge on any atom is 0.407 e. The van der Waals surface area contributed by atoms with E-state index in [1.807, 2.05) is 6.07 Å². The van der Waals surface area contributed by atoms with Gasteiger partial charge in [0.1, 0.15) is 11.8 Å². The highest BCUT2D eigenvalue weighted by Crippen LogP contribution is 2.24. The molecule has 1 saturated heterocycles. The number of benzene rings is 1. The molecule has 6 heteroatoms. The average Bonchev–Trinajstić information content (AvgIpc) is 2.46. The molecule has 1 heterocycles. The molecule has 0 saturated carbocycles. The largest absolute Gasteiger partial charge is 0.492 e. The van der Waals surface area contributed by atoms with Gasteiger partial charge in [0.15, 0.2) is 0 Å². The summed E-state index contributed by atoms with van der Waals surface area (Å²) in [7, 11) is 0. The molecule has 1 aliphatic heterocycles. The third-order valence-electron chi connectivity index (χ3n) is 3.42. The summed E-state index contributed by atoms with van der Waals surface area (Å²) in [6.45, 7) is 1.62. The lowest BCUT2D eigenvalue weighted by Gasteiger charge is -2.29. The molecule has 0 radical (unpaired) electrons. The number of piperidine rings is 1. The van der Waals surface area contributed by atoms with Crippen molar-refractivity contribution in [1.82, 2.24) is 4.90 Å². The molecule has 0 atom stereocenters. The zero-order valence-corrected chi connectivity index (χ0v) is 12.5. The number of amides is 1. The first-order valence-corrected chi connectivity index (χ1v) is 7.19. The Balaban J connectivity index is 1.88. The highest BCUT2D eigenvalue weighted by Gasteiger charge is 2.22. The molecule has 20 heavy (non-hydrogen) atoms. The van der Waals surface area contributed by atoms with Crippen LogP contribution in [0.3, 0.4) is 0 Å². The van der Waals surface area contributed by atoms with Crippen molar-refractivity contribution in [1.29, 1.82) is 5.26 Å². The molecule has 0 aliphatic carbocycles. The molecule has 1 amide bonds. The van der Waals surface area contributed by atoms with Gasteiger partial charge in [-0.15, -0.1) is 0 Å². The first kappa shape index (κ1) is 14.7. The second-order valence-corrected chi connectivity index (χ2v) is 5.69. The SMILES string of the molecule is N#Cc1cc(Br)ccc1OCC1CCN(C(=O)O)CC1. The fraction of sp³-hybridized carbons (Fsp3) is 0.429. The summed E-state index contributed by atoms with van der Waals surface area (Å²) in [5, 5.41) is 17.9. The Hall–Kier alpha value is -1.74. The highest BCUT2D eigenvalue weighted by molar-refractivity contribution is 9.10. The zero-order valence-electron chi connectivity index (χ0n) is 10.9. The Morgan fingerprint density at radius 3 is 2.80 bits per heavy atom. The van der Waals surface area contributed by atoms with Crippen molar-refractivity contribution in [3.8, 4) is 11.8 Å². The van der Waals surface area contributed by atoms with Crippen molar-refractivity contribution in [2.24, 2.45) is 5.92 Å². The molecule has 1 N–H and O–H groups in total. The second-order valence-electron chi connectivity index (χ2n) is 4.78. The van der Waals surface area contributed by atoms with Gasteiger partial charge >= 0.3 is 6.09 Å². The quantitative estimate of drug-likeness (QED) is 0.918. The molecule has 1 aliphatic rings. The Morgan fingerprint density at radius 2 is 2.20 bits per heavy atom. The van der Waals surface area contributed by atoms with E-state index in [1.54, 1.807) is 12.1 Å². The zero-order chi connectivity index (χ0) is 14.5. The van der Waals surface area contributed by atoms with Crippen molar-refractivity contribution < 1.29 is 14.6 Å². The lowest BCUT2D eigenvalue weighted by atomic mass is 9.98. The fourth-order valence-electron chi connectivity index (χ4n) is 2.21. The van der Waals surface area contributed by atoms with Gasteiger partial charge in [-0.1, -0.05) is 15.9 Å². The smallest absolute Gasteiger partial charge is 0.407 e. The van der Waals surface area contributed by atoms with Gasteiger partial charge in [0.2, 0.25) is 0 Å². The minimum atomic E-state index is -0.857. The van der Waals surface area contributed by atoms with E-state index >= 15 is 0 Å². The maximum absolute atomic E-state index is 10.8. The van der Waals surface area contributed by atoms with Gasteiger partial charge in [0.25, 0.3) is 0 Å². The maximum atomic E-state index is 10.8. The molecule has 2 rings (SSSR count). The number of nitriles is 1. The molecule has 1 fully saturated rings. The Bertz CT molecular complexity index is 534. The number of nitrogens with zero attached hydrogens (tertiary/aromatic N) is 2. The fourth-order valence-corrected chi connectivity index (χ4v) is 2.58. The van der Waals surface area contributed by atoms with Gasteiger partial charge in [-0.2, -0.15) is 5.26 Å². The van der Waals surface area contributed by atoms with Crippen molar-refractivity contribution in [3.63, 3.8) is 0 Å². The van der Waals surface area contributed by atoms with Crippen molar-refractivity contribution in [2.75, 3.05) is 19.7 Å². The number of hydrogen-bond donors (Lipinski definition) is 1. The predicted octanol–water partition coefficient (Wildman–Crippen LogP) is 3.09. The van der Waals surface area contributed by atoms with Gasteiger partial charge < -0.3 is 14.7 Å². The van der Waals surface area contributed by atoms with Gasteiger partial charge in [0, 0.05) is 17.6 Å². The molecule has 0 bridgehead atoms. The summed E-state index contributed by atoms with van der Waals surface area (Å²) in [5.74, 6) is 0.914. The first-order chi connectivity index (χ1) is 9.60. The van der Waals surface area contributed by atoms with Gasteiger partial charge in [-0.3, -0.25) is 0 Å². The number of ether oxygens (including phenoxy) is 1. The second kappa shape index (κ2) is 6.62. The van der Waals surface area contributed by atoms with Crippen LogP contribution in [0.15, 0.2) is 22.7 Å². The summed E-state index contributed by atoms with van der Waals surface area (Å²) in [5.41, 5.74) is 0.502. The minimum Gasteiger partial charge on any atom is -0.492 e. The van der Waals surface area contributed by atoms with E-state index in [0.29, 0.717) is 36.9 Å². The third-order valence-corrected chi connectivity index (χ3v) is 3.91. The van der Waals surface area contributed by atoms with Crippen LogP contribution in [0.25, 0.3) is 0 Å². The van der Waals surface area contributed by atoms with E-state index < -0.39 is 6.09 Å². The van der Waals surface area contributed by atoms with Crippen LogP contribution in [0.4, 0.5) is 4.79 Å². The standard InChI is InChI=1S/C14H15BrN2O3/c15-12-1-2-13(11(7-12)8-16)20-9-10-3-5-17(6-4-10)14(18)19/h1-2,7,10H,3-6,9H2,(H,18,19). The molecular formula is C14H15BrN2O3. The van der Waals surface area contributed by atoms with E-state index in [2.05, 4.69) is 22.0 Å². The highest BCUT2D eigenvalue weighted by atomic mass is 79.9. The van der Waals surface area contributed by atoms with Gasteiger partial charge in [0.05, 0.1) is 12.2 Å². The van der Waals surface area contributed by atoms with Crippen molar-refractivity contribution in [2.45, 2.75) is 12.8 Å². The molecule has 0 aromatic heterocycles. The number of likely N-dealkylation sites (tertiary alicyclic amines) is 1. The van der Waals surface area contributed by atoms with E-state index in [4.69, 9.17) is 15.1 Å². The average molecular weight is 339 g/mol. The summed E-state index contributed by atoms with van der Waals surface area (Å²) in [6, 6.07) is 7.44. The predicted molar refractivity (Wildman–Crippen MR) is 76.7 cm³/mol. The van der Waals surface area contributed by atoms with Crippen LogP contribution in [0.2, 0.25) is 0 Å². The van der Waals surface area contributed by atoms with E-state index in [-0.39, 0.29) is 0 Å². The molecule has 0 unspecified atom stereocenters. The molecule has 1 aromatic carbocycles. The van der Waals surface area contributed by atoms with Crippen molar-refractivity contribution in [3.05, 3.63) is 28.2 Å². The van der Waals surface area contributed by atoms with E-state index in [1.165, 1.54) is 4.90 Å². The van der Waals surface area contributed by atoms with Gasteiger partial charge in [-0.25, -0.2) is 4.79 Å². The number of carboxylic acid groups (broad SMARTS) is 1. The lowest BCUT2D eigenvalue weighted by molar-refractivity contribution is 0.111. The Morgan fingerprint density at radius 1 is 1.50 bits per heavy atom. The van der Waals surface area contributed by atoms with Crippen LogP contribution in [-0.2, 0) is 0 Å². The molecule has 0 spiro atoms. The number of rotatable bonds is 3. The van der Waals surface area contributed by atoms with E-state index in [0.717, 1.165) is 17.3 Å². The van der Waals surface area contributed by atoms with Crippen LogP contribution in [0.1, 0.15) is 18.4 Å². The monoisotopic (exact) mass is 338 g/mol. The van der Waals surface area contributed by atoms with Crippen LogP contribution in [0.5, 0.6) is 5.75 Å². The summed E-state index contributed by atoms with van der Waals surface area (Å²) in [6.07, 6.45) is 0.735. The first-order valence-electron chi connectivity index (χ1n) is 6.40. The summed E-state index contributed by atoms with van der Waals surface area (Å²) in [4.78, 5) is 12.2. The minimum absolute atomic E-state index is 0.334. The van der Waals surface area contributed by atoms with Crippen LogP contribution in [-0.4, -0.2) is 35.8 Å². The van der Waals surface area contributed by atoms with Crippen LogP contribution >= 0.6 is 15.9 Å². The normalized spacial score (nSPS) is 15.7. The molecule has 106 valence electrons. The molecular weight excluding hydrogens is 324 g/mol. The summed E-state index contributed by atoms with van der Waals surface area (Å²) < 4.78 is 6.55. The van der Waals surface area contributed by atoms with Gasteiger partial charge in [-0.05, 0) is 37.0 Å². The van der Waals surface area contributed by atoms with Crippen molar-refractivity contribution >= 4 is 22.0 Å². The van der Waals surface area contributed by atoms with E-state index in [9.17, 15) is 4.79 Å². The topological polar surface area (TPSA) is 73.6 Å². The number of hydrogen-bond acceptors (Lipinski definition) is 3. The number of halogens is 1. The lowest BCUT2D eigenvalue weighted by Crippen LogP contribution is -2.38. The van der Waals surface area contributed by atoms with Crippen LogP contribution < -0.4 is 4.74 Å². The summed E-state index contributed by atoms with van der Waals surface area (Å²) >= 11 is 3.32.